The Balaban J connectivity index is 3.02. The number of nitrogens with zero attached hydrogens (tertiary/aromatic N) is 1. The highest BCUT2D eigenvalue weighted by Crippen LogP contribution is 2.18. The molecule has 0 radical (unpaired) electrons. The molecular formula is C12H20N2O4S. The molecule has 19 heavy (non-hydrogen) atoms. The van der Waals surface area contributed by atoms with Crippen molar-refractivity contribution in [1.29, 1.82) is 0 Å². The fourth-order valence-corrected chi connectivity index (χ4v) is 3.23. The molecular weight excluding hydrogens is 268 g/mol. The first-order chi connectivity index (χ1) is 8.82. The van der Waals surface area contributed by atoms with E-state index < -0.39 is 16.0 Å². The number of carboxylic acids is 1. The number of sulfonamides is 1. The Morgan fingerprint density at radius 1 is 1.47 bits per heavy atom. The van der Waals surface area contributed by atoms with Crippen LogP contribution in [0.2, 0.25) is 0 Å². The summed E-state index contributed by atoms with van der Waals surface area (Å²) in [6, 6.07) is 1.15. The van der Waals surface area contributed by atoms with Crippen molar-refractivity contribution >= 4 is 16.0 Å². The third kappa shape index (κ3) is 3.57. The van der Waals surface area contributed by atoms with E-state index in [1.165, 1.54) is 10.5 Å². The molecule has 0 aliphatic carbocycles. The highest BCUT2D eigenvalue weighted by molar-refractivity contribution is 7.89. The zero-order chi connectivity index (χ0) is 14.6. The van der Waals surface area contributed by atoms with Gasteiger partial charge in [-0.05, 0) is 12.0 Å². The van der Waals surface area contributed by atoms with E-state index in [1.807, 2.05) is 13.8 Å². The summed E-state index contributed by atoms with van der Waals surface area (Å²) in [5.41, 5.74) is -0.127. The smallest absolute Gasteiger partial charge is 0.352 e. The van der Waals surface area contributed by atoms with E-state index in [0.29, 0.717) is 13.1 Å². The van der Waals surface area contributed by atoms with Crippen molar-refractivity contribution in [3.8, 4) is 0 Å². The molecule has 1 rings (SSSR count). The number of aromatic amines is 1. The van der Waals surface area contributed by atoms with Gasteiger partial charge in [0.15, 0.2) is 0 Å². The molecule has 108 valence electrons. The molecule has 1 aromatic heterocycles. The van der Waals surface area contributed by atoms with Crippen LogP contribution in [0, 0.1) is 5.92 Å². The number of carbonyl (C=O) groups is 1. The summed E-state index contributed by atoms with van der Waals surface area (Å²) in [6.07, 6.45) is 2.11. The number of aromatic nitrogens is 1. The molecule has 2 N–H and O–H groups in total. The van der Waals surface area contributed by atoms with Gasteiger partial charge >= 0.3 is 5.97 Å². The standard InChI is InChI=1S/C12H20N2O4S/c1-4-9(3)8-14(5-2)19(17,18)10-6-11(12(15)16)13-7-10/h6-7,9,13H,4-5,8H2,1-3H3,(H,15,16). The van der Waals surface area contributed by atoms with E-state index in [2.05, 4.69) is 4.98 Å². The summed E-state index contributed by atoms with van der Waals surface area (Å²) in [7, 11) is -3.63. The predicted molar refractivity (Wildman–Crippen MR) is 71.6 cm³/mol. The summed E-state index contributed by atoms with van der Waals surface area (Å²) in [4.78, 5) is 13.2. The molecule has 0 spiro atoms. The molecule has 0 fully saturated rings. The van der Waals surface area contributed by atoms with Crippen LogP contribution in [0.25, 0.3) is 0 Å². The molecule has 7 heteroatoms. The first kappa shape index (κ1) is 15.7. The molecule has 0 saturated carbocycles. The molecule has 0 bridgehead atoms. The lowest BCUT2D eigenvalue weighted by Gasteiger charge is -2.22. The molecule has 0 aromatic carbocycles. The third-order valence-corrected chi connectivity index (χ3v) is 5.01. The lowest BCUT2D eigenvalue weighted by atomic mass is 10.1. The van der Waals surface area contributed by atoms with Gasteiger partial charge in [-0.3, -0.25) is 0 Å². The second-order valence-electron chi connectivity index (χ2n) is 4.52. The number of aromatic carboxylic acids is 1. The van der Waals surface area contributed by atoms with Crippen LogP contribution in [-0.4, -0.2) is 41.9 Å². The van der Waals surface area contributed by atoms with Crippen molar-refractivity contribution in [3.05, 3.63) is 18.0 Å². The van der Waals surface area contributed by atoms with Gasteiger partial charge in [-0.25, -0.2) is 13.2 Å². The van der Waals surface area contributed by atoms with Crippen molar-refractivity contribution in [3.63, 3.8) is 0 Å². The molecule has 1 heterocycles. The van der Waals surface area contributed by atoms with E-state index in [0.717, 1.165) is 12.5 Å². The van der Waals surface area contributed by atoms with E-state index >= 15 is 0 Å². The maximum Gasteiger partial charge on any atom is 0.352 e. The van der Waals surface area contributed by atoms with Crippen molar-refractivity contribution < 1.29 is 18.3 Å². The highest BCUT2D eigenvalue weighted by atomic mass is 32.2. The fourth-order valence-electron chi connectivity index (χ4n) is 1.67. The van der Waals surface area contributed by atoms with E-state index in [9.17, 15) is 13.2 Å². The number of nitrogens with one attached hydrogen (secondary N) is 1. The molecule has 0 saturated heterocycles. The van der Waals surface area contributed by atoms with Crippen molar-refractivity contribution in [2.75, 3.05) is 13.1 Å². The minimum atomic E-state index is -3.63. The average molecular weight is 288 g/mol. The number of rotatable bonds is 7. The molecule has 0 aliphatic heterocycles. The minimum absolute atomic E-state index is 0.00458. The van der Waals surface area contributed by atoms with Crippen LogP contribution >= 0.6 is 0 Å². The van der Waals surface area contributed by atoms with Gasteiger partial charge in [-0.1, -0.05) is 27.2 Å². The quantitative estimate of drug-likeness (QED) is 0.800. The number of H-pyrrole nitrogens is 1. The molecule has 0 aliphatic rings. The molecule has 0 amide bonds. The summed E-state index contributed by atoms with van der Waals surface area (Å²) in [5.74, 6) is -0.918. The van der Waals surface area contributed by atoms with Crippen molar-refractivity contribution in [2.24, 2.45) is 5.92 Å². The lowest BCUT2D eigenvalue weighted by Crippen LogP contribution is -2.34. The van der Waals surface area contributed by atoms with Gasteiger partial charge < -0.3 is 10.1 Å². The van der Waals surface area contributed by atoms with Gasteiger partial charge in [-0.15, -0.1) is 0 Å². The minimum Gasteiger partial charge on any atom is -0.477 e. The maximum atomic E-state index is 12.4. The van der Waals surface area contributed by atoms with Crippen molar-refractivity contribution in [1.82, 2.24) is 9.29 Å². The van der Waals surface area contributed by atoms with Gasteiger partial charge in [0.05, 0.1) is 0 Å². The fraction of sp³-hybridized carbons (Fsp3) is 0.583. The van der Waals surface area contributed by atoms with E-state index in [1.54, 1.807) is 6.92 Å². The second-order valence-corrected chi connectivity index (χ2v) is 6.46. The normalized spacial score (nSPS) is 13.7. The number of carboxylic acid groups (broad SMARTS) is 1. The zero-order valence-electron chi connectivity index (χ0n) is 11.4. The maximum absolute atomic E-state index is 12.4. The Bertz CT molecular complexity index is 536. The van der Waals surface area contributed by atoms with Gasteiger partial charge in [0, 0.05) is 19.3 Å². The molecule has 6 nitrogen and oxygen atoms in total. The lowest BCUT2D eigenvalue weighted by molar-refractivity contribution is 0.0691. The van der Waals surface area contributed by atoms with Gasteiger partial charge in [0.1, 0.15) is 10.6 Å². The van der Waals surface area contributed by atoms with Gasteiger partial charge in [0.25, 0.3) is 0 Å². The van der Waals surface area contributed by atoms with Crippen LogP contribution in [0.4, 0.5) is 0 Å². The second kappa shape index (κ2) is 6.21. The Labute approximate surface area is 113 Å². The monoisotopic (exact) mass is 288 g/mol. The van der Waals surface area contributed by atoms with Crippen LogP contribution < -0.4 is 0 Å². The van der Waals surface area contributed by atoms with Crippen LogP contribution in [0.3, 0.4) is 0 Å². The summed E-state index contributed by atoms with van der Waals surface area (Å²) >= 11 is 0. The Morgan fingerprint density at radius 2 is 2.11 bits per heavy atom. The van der Waals surface area contributed by atoms with Crippen molar-refractivity contribution in [2.45, 2.75) is 32.1 Å². The topological polar surface area (TPSA) is 90.5 Å². The van der Waals surface area contributed by atoms with Crippen LogP contribution in [-0.2, 0) is 10.0 Å². The highest BCUT2D eigenvalue weighted by Gasteiger charge is 2.26. The largest absolute Gasteiger partial charge is 0.477 e. The van der Waals surface area contributed by atoms with E-state index in [-0.39, 0.29) is 16.5 Å². The summed E-state index contributed by atoms with van der Waals surface area (Å²) < 4.78 is 26.1. The van der Waals surface area contributed by atoms with Gasteiger partial charge in [-0.2, -0.15) is 4.31 Å². The SMILES string of the molecule is CCC(C)CN(CC)S(=O)(=O)c1c[nH]c(C(=O)O)c1. The predicted octanol–water partition coefficient (Wildman–Crippen LogP) is 1.77. The zero-order valence-corrected chi connectivity index (χ0v) is 12.2. The molecule has 1 aromatic rings. The van der Waals surface area contributed by atoms with Crippen LogP contribution in [0.5, 0.6) is 0 Å². The van der Waals surface area contributed by atoms with Crippen LogP contribution in [0.1, 0.15) is 37.7 Å². The Hall–Kier alpha value is -1.34. The number of hydrogen-bond donors (Lipinski definition) is 2. The first-order valence-electron chi connectivity index (χ1n) is 6.24. The summed E-state index contributed by atoms with van der Waals surface area (Å²) in [5, 5.41) is 8.80. The summed E-state index contributed by atoms with van der Waals surface area (Å²) in [6.45, 7) is 6.55. The first-order valence-corrected chi connectivity index (χ1v) is 7.68. The third-order valence-electron chi connectivity index (χ3n) is 3.09. The molecule has 1 atom stereocenters. The molecule has 1 unspecified atom stereocenters. The average Bonchev–Trinajstić information content (AvgIpc) is 2.85. The van der Waals surface area contributed by atoms with Crippen LogP contribution in [0.15, 0.2) is 17.2 Å². The number of hydrogen-bond acceptors (Lipinski definition) is 3. The van der Waals surface area contributed by atoms with Gasteiger partial charge in [0.2, 0.25) is 10.0 Å². The Kier molecular flexibility index (Phi) is 5.13. The van der Waals surface area contributed by atoms with E-state index in [4.69, 9.17) is 5.11 Å². The Morgan fingerprint density at radius 3 is 2.53 bits per heavy atom.